The molecule has 2 saturated heterocycles. The highest BCUT2D eigenvalue weighted by Crippen LogP contribution is 2.37. The first kappa shape index (κ1) is 23.9. The molecule has 6 nitrogen and oxygen atoms in total. The number of rotatable bonds is 4. The van der Waals surface area contributed by atoms with Crippen molar-refractivity contribution in [2.45, 2.75) is 97.6 Å². The molecule has 172 valence electrons. The molecular weight excluding hydrogens is 391 g/mol. The molecule has 0 aromatic heterocycles. The van der Waals surface area contributed by atoms with Crippen LogP contribution < -0.4 is 10.4 Å². The SMILES string of the molecule is C[C@@H]1CCCN1c1cc(CN(C)C(=O)OC(C)(C)C)cc(B2OC(C)(C)C(C)(C)O2)c1. The van der Waals surface area contributed by atoms with Crippen molar-refractivity contribution >= 4 is 24.4 Å². The molecule has 0 saturated carbocycles. The normalized spacial score (nSPS) is 22.7. The highest BCUT2D eigenvalue weighted by Gasteiger charge is 2.51. The van der Waals surface area contributed by atoms with Gasteiger partial charge in [0.1, 0.15) is 5.60 Å². The van der Waals surface area contributed by atoms with Gasteiger partial charge in [0.25, 0.3) is 0 Å². The van der Waals surface area contributed by atoms with Crippen molar-refractivity contribution in [3.8, 4) is 0 Å². The van der Waals surface area contributed by atoms with Crippen molar-refractivity contribution in [1.29, 1.82) is 0 Å². The third-order valence-corrected chi connectivity index (χ3v) is 6.53. The van der Waals surface area contributed by atoms with Gasteiger partial charge in [-0.1, -0.05) is 6.07 Å². The lowest BCUT2D eigenvalue weighted by Crippen LogP contribution is -2.41. The van der Waals surface area contributed by atoms with E-state index in [1.807, 2.05) is 20.8 Å². The molecule has 31 heavy (non-hydrogen) atoms. The van der Waals surface area contributed by atoms with Gasteiger partial charge < -0.3 is 23.8 Å². The largest absolute Gasteiger partial charge is 0.494 e. The van der Waals surface area contributed by atoms with Gasteiger partial charge >= 0.3 is 13.2 Å². The van der Waals surface area contributed by atoms with Crippen molar-refractivity contribution in [3.05, 3.63) is 23.8 Å². The second-order valence-corrected chi connectivity index (χ2v) is 11.0. The minimum Gasteiger partial charge on any atom is -0.444 e. The fraction of sp³-hybridized carbons (Fsp3) is 0.708. The zero-order valence-electron chi connectivity index (χ0n) is 20.7. The molecule has 2 fully saturated rings. The molecule has 2 aliphatic heterocycles. The standard InChI is InChI=1S/C24H39BN2O4/c1-17-11-10-12-27(17)20-14-18(16-26(9)21(28)29-22(2,3)4)13-19(15-20)25-30-23(5,6)24(7,8)31-25/h13-15,17H,10-12,16H2,1-9H3/t17-/m1/s1. The quantitative estimate of drug-likeness (QED) is 0.666. The summed E-state index contributed by atoms with van der Waals surface area (Å²) in [6.45, 7) is 17.7. The van der Waals surface area contributed by atoms with Crippen LogP contribution in [0.1, 0.15) is 73.8 Å². The van der Waals surface area contributed by atoms with Gasteiger partial charge in [-0.3, -0.25) is 0 Å². The molecule has 2 heterocycles. The monoisotopic (exact) mass is 430 g/mol. The summed E-state index contributed by atoms with van der Waals surface area (Å²) in [5, 5.41) is 0. The van der Waals surface area contributed by atoms with E-state index < -0.39 is 23.9 Å². The molecule has 0 bridgehead atoms. The second kappa shape index (κ2) is 8.32. The summed E-state index contributed by atoms with van der Waals surface area (Å²) in [7, 11) is 1.33. The average Bonchev–Trinajstić information content (AvgIpc) is 3.13. The van der Waals surface area contributed by atoms with Crippen LogP contribution in [0, 0.1) is 0 Å². The summed E-state index contributed by atoms with van der Waals surface area (Å²) < 4.78 is 18.2. The number of carbonyl (C=O) groups is 1. The molecular formula is C24H39BN2O4. The van der Waals surface area contributed by atoms with Crippen LogP contribution in [-0.2, 0) is 20.6 Å². The summed E-state index contributed by atoms with van der Waals surface area (Å²) in [5.74, 6) is 0. The lowest BCUT2D eigenvalue weighted by molar-refractivity contribution is 0.00578. The van der Waals surface area contributed by atoms with Crippen molar-refractivity contribution in [2.24, 2.45) is 0 Å². The summed E-state index contributed by atoms with van der Waals surface area (Å²) in [6, 6.07) is 6.94. The minimum atomic E-state index is -0.522. The Hall–Kier alpha value is -1.73. The minimum absolute atomic E-state index is 0.329. The third kappa shape index (κ3) is 5.37. The Morgan fingerprint density at radius 3 is 2.32 bits per heavy atom. The molecule has 2 aliphatic rings. The van der Waals surface area contributed by atoms with E-state index in [1.54, 1.807) is 11.9 Å². The Morgan fingerprint density at radius 2 is 1.81 bits per heavy atom. The van der Waals surface area contributed by atoms with E-state index in [0.717, 1.165) is 23.3 Å². The van der Waals surface area contributed by atoms with Crippen LogP contribution in [0.25, 0.3) is 0 Å². The molecule has 1 aromatic rings. The summed E-state index contributed by atoms with van der Waals surface area (Å²) in [5.41, 5.74) is 1.86. The molecule has 1 amide bonds. The molecule has 7 heteroatoms. The van der Waals surface area contributed by atoms with Gasteiger partial charge in [0, 0.05) is 31.9 Å². The van der Waals surface area contributed by atoms with Crippen molar-refractivity contribution < 1.29 is 18.8 Å². The first-order valence-corrected chi connectivity index (χ1v) is 11.4. The lowest BCUT2D eigenvalue weighted by atomic mass is 9.78. The van der Waals surface area contributed by atoms with Gasteiger partial charge in [-0.05, 0) is 91.4 Å². The van der Waals surface area contributed by atoms with Crippen LogP contribution >= 0.6 is 0 Å². The van der Waals surface area contributed by atoms with Gasteiger partial charge in [0.05, 0.1) is 11.2 Å². The summed E-state index contributed by atoms with van der Waals surface area (Å²) in [4.78, 5) is 16.6. The Balaban J connectivity index is 1.90. The van der Waals surface area contributed by atoms with Crippen molar-refractivity contribution in [3.63, 3.8) is 0 Å². The van der Waals surface area contributed by atoms with Crippen molar-refractivity contribution in [2.75, 3.05) is 18.5 Å². The fourth-order valence-corrected chi connectivity index (χ4v) is 4.07. The van der Waals surface area contributed by atoms with Gasteiger partial charge in [0.15, 0.2) is 0 Å². The molecule has 0 aliphatic carbocycles. The fourth-order valence-electron chi connectivity index (χ4n) is 4.07. The number of amides is 1. The second-order valence-electron chi connectivity index (χ2n) is 11.0. The number of nitrogens with zero attached hydrogens (tertiary/aromatic N) is 2. The van der Waals surface area contributed by atoms with Gasteiger partial charge in [0.2, 0.25) is 0 Å². The van der Waals surface area contributed by atoms with Gasteiger partial charge in [-0.2, -0.15) is 0 Å². The van der Waals surface area contributed by atoms with Crippen LogP contribution in [-0.4, -0.2) is 54.5 Å². The highest BCUT2D eigenvalue weighted by molar-refractivity contribution is 6.62. The van der Waals surface area contributed by atoms with Crippen LogP contribution in [0.4, 0.5) is 10.5 Å². The van der Waals surface area contributed by atoms with E-state index in [9.17, 15) is 4.79 Å². The molecule has 1 aromatic carbocycles. The van der Waals surface area contributed by atoms with E-state index >= 15 is 0 Å². The van der Waals surface area contributed by atoms with Crippen LogP contribution in [0.2, 0.25) is 0 Å². The summed E-state index contributed by atoms with van der Waals surface area (Å²) >= 11 is 0. The van der Waals surface area contributed by atoms with Crippen LogP contribution in [0.15, 0.2) is 18.2 Å². The molecule has 0 radical (unpaired) electrons. The highest BCUT2D eigenvalue weighted by atomic mass is 16.7. The Bertz CT molecular complexity index is 802. The predicted molar refractivity (Wildman–Crippen MR) is 126 cm³/mol. The van der Waals surface area contributed by atoms with Crippen LogP contribution in [0.3, 0.4) is 0 Å². The van der Waals surface area contributed by atoms with Gasteiger partial charge in [-0.15, -0.1) is 0 Å². The van der Waals surface area contributed by atoms with Gasteiger partial charge in [-0.25, -0.2) is 4.79 Å². The molecule has 0 N–H and O–H groups in total. The molecule has 0 spiro atoms. The van der Waals surface area contributed by atoms with E-state index in [2.05, 4.69) is 57.7 Å². The Labute approximate surface area is 188 Å². The maximum Gasteiger partial charge on any atom is 0.494 e. The topological polar surface area (TPSA) is 51.2 Å². The summed E-state index contributed by atoms with van der Waals surface area (Å²) in [6.07, 6.45) is 2.05. The van der Waals surface area contributed by atoms with E-state index in [1.165, 1.54) is 12.8 Å². The molecule has 1 atom stereocenters. The van der Waals surface area contributed by atoms with Crippen molar-refractivity contribution in [1.82, 2.24) is 4.90 Å². The Kier molecular flexibility index (Phi) is 6.42. The number of ether oxygens (including phenoxy) is 1. The smallest absolute Gasteiger partial charge is 0.444 e. The average molecular weight is 430 g/mol. The maximum absolute atomic E-state index is 12.5. The molecule has 3 rings (SSSR count). The predicted octanol–water partition coefficient (Wildman–Crippen LogP) is 4.34. The number of anilines is 1. The van der Waals surface area contributed by atoms with E-state index in [-0.39, 0.29) is 6.09 Å². The Morgan fingerprint density at radius 1 is 1.19 bits per heavy atom. The zero-order valence-corrected chi connectivity index (χ0v) is 20.7. The zero-order chi connectivity index (χ0) is 23.2. The van der Waals surface area contributed by atoms with E-state index in [0.29, 0.717) is 12.6 Å². The first-order chi connectivity index (χ1) is 14.2. The maximum atomic E-state index is 12.5. The molecule has 0 unspecified atom stereocenters. The van der Waals surface area contributed by atoms with E-state index in [4.69, 9.17) is 14.0 Å². The first-order valence-electron chi connectivity index (χ1n) is 11.4. The number of hydrogen-bond acceptors (Lipinski definition) is 5. The third-order valence-electron chi connectivity index (χ3n) is 6.53. The van der Waals surface area contributed by atoms with Crippen LogP contribution in [0.5, 0.6) is 0 Å². The lowest BCUT2D eigenvalue weighted by Gasteiger charge is -2.32. The number of hydrogen-bond donors (Lipinski definition) is 0. The number of carbonyl (C=O) groups excluding carboxylic acids is 1. The number of benzene rings is 1.